The molecule has 126 valence electrons. The average Bonchev–Trinajstić information content (AvgIpc) is 2.62. The monoisotopic (exact) mass is 347 g/mol. The predicted octanol–water partition coefficient (Wildman–Crippen LogP) is 2.49. The zero-order chi connectivity index (χ0) is 16.9. The molecule has 1 N–H and O–H groups in total. The Balaban J connectivity index is 1.54. The molecule has 1 aliphatic rings. The highest BCUT2D eigenvalue weighted by atomic mass is 35.5. The lowest BCUT2D eigenvalue weighted by Gasteiger charge is -2.35. The minimum Gasteiger partial charge on any atom is -0.497 e. The molecular formula is C16H18ClN5O2. The van der Waals surface area contributed by atoms with Crippen molar-refractivity contribution in [1.82, 2.24) is 14.9 Å². The van der Waals surface area contributed by atoms with Gasteiger partial charge in [0.15, 0.2) is 0 Å². The summed E-state index contributed by atoms with van der Waals surface area (Å²) in [6.45, 7) is 2.62. The fourth-order valence-corrected chi connectivity index (χ4v) is 2.66. The molecule has 2 aromatic rings. The zero-order valence-corrected chi connectivity index (χ0v) is 14.0. The van der Waals surface area contributed by atoms with Crippen LogP contribution < -0.4 is 15.0 Å². The summed E-state index contributed by atoms with van der Waals surface area (Å²) in [5.74, 6) is 1.54. The highest BCUT2D eigenvalue weighted by Gasteiger charge is 2.22. The van der Waals surface area contributed by atoms with E-state index in [4.69, 9.17) is 16.3 Å². The van der Waals surface area contributed by atoms with Gasteiger partial charge in [-0.05, 0) is 41.9 Å². The number of benzene rings is 1. The second-order valence-electron chi connectivity index (χ2n) is 5.32. The molecule has 0 atom stereocenters. The van der Waals surface area contributed by atoms with Gasteiger partial charge in [0.2, 0.25) is 5.28 Å². The number of nitrogens with one attached hydrogen (secondary N) is 1. The first kappa shape index (κ1) is 16.3. The lowest BCUT2D eigenvalue weighted by Crippen LogP contribution is -2.50. The summed E-state index contributed by atoms with van der Waals surface area (Å²) in [5, 5.41) is 3.12. The van der Waals surface area contributed by atoms with Crippen LogP contribution in [0.15, 0.2) is 36.5 Å². The van der Waals surface area contributed by atoms with Crippen molar-refractivity contribution in [3.8, 4) is 5.75 Å². The summed E-state index contributed by atoms with van der Waals surface area (Å²) in [6, 6.07) is 8.96. The molecule has 1 fully saturated rings. The first-order chi connectivity index (χ1) is 11.7. The van der Waals surface area contributed by atoms with Gasteiger partial charge in [-0.15, -0.1) is 0 Å². The van der Waals surface area contributed by atoms with Crippen LogP contribution >= 0.6 is 11.6 Å². The van der Waals surface area contributed by atoms with Gasteiger partial charge in [-0.3, -0.25) is 0 Å². The van der Waals surface area contributed by atoms with Crippen molar-refractivity contribution in [2.24, 2.45) is 0 Å². The first-order valence-corrected chi connectivity index (χ1v) is 7.97. The van der Waals surface area contributed by atoms with Crippen molar-refractivity contribution < 1.29 is 9.53 Å². The topological polar surface area (TPSA) is 70.6 Å². The molecular weight excluding hydrogens is 330 g/mol. The van der Waals surface area contributed by atoms with Crippen LogP contribution in [0.3, 0.4) is 0 Å². The van der Waals surface area contributed by atoms with Crippen LogP contribution in [0.5, 0.6) is 5.75 Å². The number of carbonyl (C=O) groups is 1. The lowest BCUT2D eigenvalue weighted by molar-refractivity contribution is 0.208. The Labute approximate surface area is 145 Å². The van der Waals surface area contributed by atoms with E-state index < -0.39 is 0 Å². The smallest absolute Gasteiger partial charge is 0.321 e. The minimum absolute atomic E-state index is 0.111. The maximum absolute atomic E-state index is 12.3. The number of urea groups is 1. The summed E-state index contributed by atoms with van der Waals surface area (Å²) in [6.07, 6.45) is 1.63. The van der Waals surface area contributed by atoms with E-state index in [1.807, 2.05) is 30.3 Å². The van der Waals surface area contributed by atoms with Crippen LogP contribution in [-0.4, -0.2) is 54.2 Å². The van der Waals surface area contributed by atoms with E-state index in [1.54, 1.807) is 18.2 Å². The van der Waals surface area contributed by atoms with Crippen molar-refractivity contribution in [1.29, 1.82) is 0 Å². The van der Waals surface area contributed by atoms with Gasteiger partial charge >= 0.3 is 6.03 Å². The predicted molar refractivity (Wildman–Crippen MR) is 92.8 cm³/mol. The van der Waals surface area contributed by atoms with Crippen LogP contribution in [0.4, 0.5) is 16.3 Å². The Kier molecular flexibility index (Phi) is 5.00. The van der Waals surface area contributed by atoms with E-state index in [-0.39, 0.29) is 11.3 Å². The fraction of sp³-hybridized carbons (Fsp3) is 0.312. The van der Waals surface area contributed by atoms with Gasteiger partial charge in [-0.25, -0.2) is 14.8 Å². The number of anilines is 2. The maximum Gasteiger partial charge on any atom is 0.321 e. The van der Waals surface area contributed by atoms with Crippen molar-refractivity contribution in [2.45, 2.75) is 0 Å². The molecule has 0 aliphatic carbocycles. The molecule has 7 nitrogen and oxygen atoms in total. The number of piperazine rings is 1. The number of amides is 2. The summed E-state index contributed by atoms with van der Waals surface area (Å²) in [5.41, 5.74) is 0.741. The standard InChI is InChI=1S/C16H18ClN5O2/c1-24-13-4-2-12(3-5-13)19-16(23)22-10-8-21(9-11-22)14-6-7-18-15(17)20-14/h2-7H,8-11H2,1H3,(H,19,23). The van der Waals surface area contributed by atoms with E-state index in [1.165, 1.54) is 0 Å². The zero-order valence-electron chi connectivity index (χ0n) is 13.3. The third-order valence-electron chi connectivity index (χ3n) is 3.84. The van der Waals surface area contributed by atoms with Crippen LogP contribution in [0.25, 0.3) is 0 Å². The number of methoxy groups -OCH3 is 1. The molecule has 2 amide bonds. The van der Waals surface area contributed by atoms with Crippen LogP contribution in [0, 0.1) is 0 Å². The first-order valence-electron chi connectivity index (χ1n) is 7.59. The molecule has 0 radical (unpaired) electrons. The molecule has 1 saturated heterocycles. The van der Waals surface area contributed by atoms with Crippen molar-refractivity contribution in [3.63, 3.8) is 0 Å². The average molecular weight is 348 g/mol. The van der Waals surface area contributed by atoms with Gasteiger partial charge in [-0.2, -0.15) is 0 Å². The quantitative estimate of drug-likeness (QED) is 0.864. The SMILES string of the molecule is COc1ccc(NC(=O)N2CCN(c3ccnc(Cl)n3)CC2)cc1. The number of ether oxygens (including phenoxy) is 1. The number of hydrogen-bond acceptors (Lipinski definition) is 5. The highest BCUT2D eigenvalue weighted by Crippen LogP contribution is 2.17. The minimum atomic E-state index is -0.111. The second kappa shape index (κ2) is 7.35. The molecule has 1 aliphatic heterocycles. The summed E-state index contributed by atoms with van der Waals surface area (Å²) >= 11 is 5.82. The fourth-order valence-electron chi connectivity index (χ4n) is 2.52. The van der Waals surface area contributed by atoms with E-state index in [9.17, 15) is 4.79 Å². The number of carbonyl (C=O) groups excluding carboxylic acids is 1. The van der Waals surface area contributed by atoms with Crippen LogP contribution in [0.1, 0.15) is 0 Å². The molecule has 24 heavy (non-hydrogen) atoms. The number of nitrogens with zero attached hydrogens (tertiary/aromatic N) is 4. The van der Waals surface area contributed by atoms with Gasteiger partial charge in [-0.1, -0.05) is 0 Å². The lowest BCUT2D eigenvalue weighted by atomic mass is 10.3. The van der Waals surface area contributed by atoms with Crippen molar-refractivity contribution in [2.75, 3.05) is 43.5 Å². The van der Waals surface area contributed by atoms with Gasteiger partial charge < -0.3 is 19.9 Å². The van der Waals surface area contributed by atoms with E-state index in [0.717, 1.165) is 17.3 Å². The van der Waals surface area contributed by atoms with Gasteiger partial charge in [0.05, 0.1) is 7.11 Å². The Bertz CT molecular complexity index is 702. The van der Waals surface area contributed by atoms with Crippen LogP contribution in [-0.2, 0) is 0 Å². The Morgan fingerprint density at radius 2 is 1.88 bits per heavy atom. The highest BCUT2D eigenvalue weighted by molar-refractivity contribution is 6.28. The maximum atomic E-state index is 12.3. The van der Waals surface area contributed by atoms with E-state index in [0.29, 0.717) is 26.2 Å². The molecule has 0 spiro atoms. The van der Waals surface area contributed by atoms with Crippen molar-refractivity contribution in [3.05, 3.63) is 41.8 Å². The number of hydrogen-bond donors (Lipinski definition) is 1. The Hall–Kier alpha value is -2.54. The number of rotatable bonds is 3. The molecule has 1 aromatic heterocycles. The largest absolute Gasteiger partial charge is 0.497 e. The summed E-state index contributed by atoms with van der Waals surface area (Å²) < 4.78 is 5.10. The molecule has 8 heteroatoms. The van der Waals surface area contributed by atoms with Crippen molar-refractivity contribution >= 4 is 29.1 Å². The summed E-state index contributed by atoms with van der Waals surface area (Å²) in [4.78, 5) is 24.3. The molecule has 1 aromatic carbocycles. The van der Waals surface area contributed by atoms with E-state index in [2.05, 4.69) is 20.2 Å². The molecule has 2 heterocycles. The molecule has 0 saturated carbocycles. The normalized spacial score (nSPS) is 14.4. The number of halogens is 1. The second-order valence-corrected chi connectivity index (χ2v) is 5.65. The third-order valence-corrected chi connectivity index (χ3v) is 4.03. The van der Waals surface area contributed by atoms with Crippen LogP contribution in [0.2, 0.25) is 5.28 Å². The third kappa shape index (κ3) is 3.86. The number of aromatic nitrogens is 2. The molecule has 0 unspecified atom stereocenters. The van der Waals surface area contributed by atoms with Gasteiger partial charge in [0.25, 0.3) is 0 Å². The molecule has 0 bridgehead atoms. The Morgan fingerprint density at radius 1 is 1.17 bits per heavy atom. The van der Waals surface area contributed by atoms with Gasteiger partial charge in [0, 0.05) is 38.1 Å². The van der Waals surface area contributed by atoms with E-state index >= 15 is 0 Å². The Morgan fingerprint density at radius 3 is 2.50 bits per heavy atom. The van der Waals surface area contributed by atoms with Gasteiger partial charge in [0.1, 0.15) is 11.6 Å². The molecule has 3 rings (SSSR count). The summed E-state index contributed by atoms with van der Waals surface area (Å²) in [7, 11) is 1.61.